The monoisotopic (exact) mass is 395 g/mol. The predicted octanol–water partition coefficient (Wildman–Crippen LogP) is 1.51. The predicted molar refractivity (Wildman–Crippen MR) is 102 cm³/mol. The lowest BCUT2D eigenvalue weighted by Crippen LogP contribution is -2.33. The third-order valence-electron chi connectivity index (χ3n) is 3.68. The zero-order valence-electron chi connectivity index (χ0n) is 15.4. The maximum atomic E-state index is 11.4. The van der Waals surface area contributed by atoms with Gasteiger partial charge >= 0.3 is 0 Å². The van der Waals surface area contributed by atoms with Gasteiger partial charge < -0.3 is 24.6 Å². The number of rotatable bonds is 11. The number of hydrogen-bond donors (Lipinski definition) is 2. The quantitative estimate of drug-likeness (QED) is 0.557. The summed E-state index contributed by atoms with van der Waals surface area (Å²) in [4.78, 5) is 0.230. The van der Waals surface area contributed by atoms with E-state index in [1.807, 2.05) is 24.3 Å². The van der Waals surface area contributed by atoms with Crippen molar-refractivity contribution in [1.82, 2.24) is 5.32 Å². The van der Waals surface area contributed by atoms with Gasteiger partial charge in [0.2, 0.25) is 0 Å². The molecule has 27 heavy (non-hydrogen) atoms. The molecule has 0 fully saturated rings. The Morgan fingerprint density at radius 2 is 1.52 bits per heavy atom. The maximum absolute atomic E-state index is 11.4. The minimum atomic E-state index is -3.23. The minimum Gasteiger partial charge on any atom is -0.497 e. The van der Waals surface area contributed by atoms with Gasteiger partial charge in [0.15, 0.2) is 9.84 Å². The van der Waals surface area contributed by atoms with E-state index >= 15 is 0 Å². The van der Waals surface area contributed by atoms with Crippen molar-refractivity contribution in [3.63, 3.8) is 0 Å². The van der Waals surface area contributed by atoms with Crippen LogP contribution in [-0.4, -0.2) is 59.3 Å². The van der Waals surface area contributed by atoms with Gasteiger partial charge in [0.05, 0.1) is 12.0 Å². The Hall–Kier alpha value is -2.29. The largest absolute Gasteiger partial charge is 0.497 e. The van der Waals surface area contributed by atoms with E-state index in [1.54, 1.807) is 19.2 Å². The average Bonchev–Trinajstić information content (AvgIpc) is 2.66. The number of hydrogen-bond acceptors (Lipinski definition) is 7. The van der Waals surface area contributed by atoms with Crippen LogP contribution in [0.4, 0.5) is 0 Å². The summed E-state index contributed by atoms with van der Waals surface area (Å²) in [5.74, 6) is 2.03. The Bertz CT molecular complexity index is 790. The smallest absolute Gasteiger partial charge is 0.175 e. The second kappa shape index (κ2) is 10.1. The Morgan fingerprint density at radius 3 is 2.11 bits per heavy atom. The molecule has 148 valence electrons. The van der Waals surface area contributed by atoms with Crippen LogP contribution in [0.5, 0.6) is 17.2 Å². The minimum absolute atomic E-state index is 0.102. The Kier molecular flexibility index (Phi) is 7.90. The van der Waals surface area contributed by atoms with Crippen LogP contribution < -0.4 is 19.5 Å². The van der Waals surface area contributed by atoms with Crippen molar-refractivity contribution in [2.75, 3.05) is 39.7 Å². The molecular weight excluding hydrogens is 370 g/mol. The van der Waals surface area contributed by atoms with Crippen molar-refractivity contribution in [3.05, 3.63) is 48.5 Å². The molecule has 2 N–H and O–H groups in total. The van der Waals surface area contributed by atoms with Crippen molar-refractivity contribution >= 4 is 9.84 Å². The zero-order chi connectivity index (χ0) is 19.7. The number of methoxy groups -OCH3 is 1. The van der Waals surface area contributed by atoms with Gasteiger partial charge in [0.25, 0.3) is 0 Å². The van der Waals surface area contributed by atoms with E-state index in [2.05, 4.69) is 5.32 Å². The molecule has 0 bridgehead atoms. The molecular formula is C19H25NO6S. The summed E-state index contributed by atoms with van der Waals surface area (Å²) >= 11 is 0. The third kappa shape index (κ3) is 7.46. The van der Waals surface area contributed by atoms with Gasteiger partial charge in [0.1, 0.15) is 36.6 Å². The highest BCUT2D eigenvalue weighted by atomic mass is 32.2. The second-order valence-corrected chi connectivity index (χ2v) is 7.95. The first kappa shape index (κ1) is 21.0. The van der Waals surface area contributed by atoms with Crippen molar-refractivity contribution in [1.29, 1.82) is 0 Å². The molecule has 0 amide bonds. The van der Waals surface area contributed by atoms with E-state index < -0.39 is 15.9 Å². The Morgan fingerprint density at radius 1 is 0.963 bits per heavy atom. The number of nitrogens with one attached hydrogen (secondary N) is 1. The molecule has 2 rings (SSSR count). The third-order valence-corrected chi connectivity index (χ3v) is 4.81. The highest BCUT2D eigenvalue weighted by Crippen LogP contribution is 2.17. The molecule has 0 aliphatic heterocycles. The lowest BCUT2D eigenvalue weighted by Gasteiger charge is -2.14. The molecule has 0 aliphatic carbocycles. The van der Waals surface area contributed by atoms with E-state index in [0.29, 0.717) is 25.4 Å². The van der Waals surface area contributed by atoms with Gasteiger partial charge in [-0.25, -0.2) is 8.42 Å². The fourth-order valence-electron chi connectivity index (χ4n) is 2.22. The van der Waals surface area contributed by atoms with Crippen LogP contribution in [0.25, 0.3) is 0 Å². The maximum Gasteiger partial charge on any atom is 0.175 e. The van der Waals surface area contributed by atoms with Crippen LogP contribution in [-0.2, 0) is 9.84 Å². The molecule has 0 saturated heterocycles. The lowest BCUT2D eigenvalue weighted by molar-refractivity contribution is 0.105. The molecule has 0 aliphatic rings. The molecule has 0 radical (unpaired) electrons. The van der Waals surface area contributed by atoms with Crippen LogP contribution in [0.15, 0.2) is 53.4 Å². The van der Waals surface area contributed by atoms with Crippen molar-refractivity contribution < 1.29 is 27.7 Å². The zero-order valence-corrected chi connectivity index (χ0v) is 16.2. The van der Waals surface area contributed by atoms with E-state index in [0.717, 1.165) is 17.8 Å². The molecule has 0 saturated carbocycles. The lowest BCUT2D eigenvalue weighted by atomic mass is 10.3. The van der Waals surface area contributed by atoms with Gasteiger partial charge in [-0.05, 0) is 48.5 Å². The second-order valence-electron chi connectivity index (χ2n) is 5.94. The standard InChI is InChI=1S/C19H25NO6S/c1-24-16-3-5-17(6-4-16)25-12-11-20-13-15(21)14-26-18-7-9-19(10-8-18)27(2,22)23/h3-10,15,20-21H,11-14H2,1-2H3. The fourth-order valence-corrected chi connectivity index (χ4v) is 2.85. The highest BCUT2D eigenvalue weighted by Gasteiger charge is 2.08. The topological polar surface area (TPSA) is 94.1 Å². The summed E-state index contributed by atoms with van der Waals surface area (Å²) in [5, 5.41) is 13.0. The number of aliphatic hydroxyl groups excluding tert-OH is 1. The van der Waals surface area contributed by atoms with Crippen LogP contribution in [0.2, 0.25) is 0 Å². The first-order valence-corrected chi connectivity index (χ1v) is 10.4. The van der Waals surface area contributed by atoms with Crippen LogP contribution in [0.1, 0.15) is 0 Å². The SMILES string of the molecule is COc1ccc(OCCNCC(O)COc2ccc(S(C)(=O)=O)cc2)cc1. The normalized spacial score (nSPS) is 12.4. The number of sulfone groups is 1. The summed E-state index contributed by atoms with van der Waals surface area (Å²) in [5.41, 5.74) is 0. The van der Waals surface area contributed by atoms with E-state index in [9.17, 15) is 13.5 Å². The van der Waals surface area contributed by atoms with Gasteiger partial charge in [0, 0.05) is 19.3 Å². The highest BCUT2D eigenvalue weighted by molar-refractivity contribution is 7.90. The molecule has 2 aromatic carbocycles. The van der Waals surface area contributed by atoms with Gasteiger partial charge in [-0.2, -0.15) is 0 Å². The fraction of sp³-hybridized carbons (Fsp3) is 0.368. The van der Waals surface area contributed by atoms with Crippen molar-refractivity contribution in [3.8, 4) is 17.2 Å². The number of ether oxygens (including phenoxy) is 3. The van der Waals surface area contributed by atoms with Crippen LogP contribution >= 0.6 is 0 Å². The molecule has 0 heterocycles. The van der Waals surface area contributed by atoms with Crippen molar-refractivity contribution in [2.24, 2.45) is 0 Å². The molecule has 1 unspecified atom stereocenters. The molecule has 1 atom stereocenters. The molecule has 0 aromatic heterocycles. The van der Waals surface area contributed by atoms with Crippen molar-refractivity contribution in [2.45, 2.75) is 11.0 Å². The molecule has 8 heteroatoms. The summed E-state index contributed by atoms with van der Waals surface area (Å²) in [7, 11) is -1.61. The van der Waals surface area contributed by atoms with E-state index in [-0.39, 0.29) is 11.5 Å². The molecule has 2 aromatic rings. The average molecular weight is 395 g/mol. The molecule has 0 spiro atoms. The van der Waals surface area contributed by atoms with Gasteiger partial charge in [-0.3, -0.25) is 0 Å². The number of benzene rings is 2. The van der Waals surface area contributed by atoms with Gasteiger partial charge in [-0.15, -0.1) is 0 Å². The summed E-state index contributed by atoms with van der Waals surface area (Å²) in [6, 6.07) is 13.4. The first-order valence-electron chi connectivity index (χ1n) is 8.47. The Balaban J connectivity index is 1.61. The summed E-state index contributed by atoms with van der Waals surface area (Å²) in [6.45, 7) is 1.50. The Labute approximate surface area is 159 Å². The van der Waals surface area contributed by atoms with E-state index in [4.69, 9.17) is 14.2 Å². The first-order chi connectivity index (χ1) is 12.9. The summed E-state index contributed by atoms with van der Waals surface area (Å²) < 4.78 is 38.9. The van der Waals surface area contributed by atoms with Crippen LogP contribution in [0.3, 0.4) is 0 Å². The van der Waals surface area contributed by atoms with E-state index in [1.165, 1.54) is 12.1 Å². The van der Waals surface area contributed by atoms with Crippen LogP contribution in [0, 0.1) is 0 Å². The van der Waals surface area contributed by atoms with Gasteiger partial charge in [-0.1, -0.05) is 0 Å². The summed E-state index contributed by atoms with van der Waals surface area (Å²) in [6.07, 6.45) is 0.456. The number of aliphatic hydroxyl groups is 1. The molecule has 7 nitrogen and oxygen atoms in total.